The molecule has 6 aromatic heterocycles. The number of aromatic nitrogens is 8. The first kappa shape index (κ1) is 25.7. The summed E-state index contributed by atoms with van der Waals surface area (Å²) in [7, 11) is 0. The first-order valence-electron chi connectivity index (χ1n) is 12.4. The van der Waals surface area contributed by atoms with E-state index in [-0.39, 0.29) is 0 Å². The van der Waals surface area contributed by atoms with Crippen molar-refractivity contribution in [2.24, 2.45) is 0 Å². The summed E-state index contributed by atoms with van der Waals surface area (Å²) in [4.78, 5) is 19.1. The van der Waals surface area contributed by atoms with Gasteiger partial charge in [0, 0.05) is 50.0 Å². The second-order valence-electron chi connectivity index (χ2n) is 8.82. The van der Waals surface area contributed by atoms with Gasteiger partial charge in [-0.1, -0.05) is 35.3 Å². The maximum absolute atomic E-state index is 13.0. The summed E-state index contributed by atoms with van der Waals surface area (Å²) in [5.41, 5.74) is 2.71. The van der Waals surface area contributed by atoms with Crippen molar-refractivity contribution in [1.29, 1.82) is 0 Å². The van der Waals surface area contributed by atoms with Gasteiger partial charge in [-0.2, -0.15) is 14.6 Å². The van der Waals surface area contributed by atoms with Crippen LogP contribution in [0.3, 0.4) is 0 Å². The lowest BCUT2D eigenvalue weighted by atomic mass is 10.4. The van der Waals surface area contributed by atoms with Crippen molar-refractivity contribution >= 4 is 63.3 Å². The van der Waals surface area contributed by atoms with Crippen LogP contribution in [0.5, 0.6) is 0 Å². The molecular formula is C26H22Cl2FN11. The second kappa shape index (κ2) is 11.3. The summed E-state index contributed by atoms with van der Waals surface area (Å²) in [6.45, 7) is 2.14. The fraction of sp³-hybridized carbons (Fsp3) is 0.154. The number of fused-ring (bicyclic) bond motifs is 2. The van der Waals surface area contributed by atoms with Gasteiger partial charge in [0.25, 0.3) is 0 Å². The van der Waals surface area contributed by atoms with Crippen LogP contribution in [-0.2, 0) is 0 Å². The molecule has 1 aliphatic heterocycles. The molecule has 7 rings (SSSR count). The minimum atomic E-state index is -0.556. The Morgan fingerprint density at radius 3 is 1.85 bits per heavy atom. The Bertz CT molecular complexity index is 1780. The van der Waals surface area contributed by atoms with Gasteiger partial charge in [-0.05, 0) is 37.1 Å². The molecule has 0 amide bonds. The van der Waals surface area contributed by atoms with E-state index in [0.717, 1.165) is 36.1 Å². The molecule has 1 aliphatic rings. The van der Waals surface area contributed by atoms with Crippen LogP contribution in [0.1, 0.15) is 12.8 Å². The maximum atomic E-state index is 13.0. The van der Waals surface area contributed by atoms with Crippen molar-refractivity contribution in [3.8, 4) is 0 Å². The fourth-order valence-electron chi connectivity index (χ4n) is 4.32. The zero-order chi connectivity index (χ0) is 27.5. The summed E-state index contributed by atoms with van der Waals surface area (Å²) in [5.74, 6) is 1.60. The quantitative estimate of drug-likeness (QED) is 0.246. The average Bonchev–Trinajstić information content (AvgIpc) is 3.71. The standard InChI is InChI=1S/C15H15ClN6.C11H7ClFN5/c16-12-10-11(15-17-6-9-22(15)20-12)18-13-4-3-5-14(19-13)21-7-1-2-8-21;12-8-6-7(11-14-4-5-18(11)17-8)15-10-3-1-2-9(13)16-10/h3-6,9-10H,1-2,7-8H2,(H,18,19);1-6H,(H,15,16). The van der Waals surface area contributed by atoms with E-state index in [1.165, 1.54) is 23.4 Å². The molecule has 40 heavy (non-hydrogen) atoms. The lowest BCUT2D eigenvalue weighted by Crippen LogP contribution is -2.19. The largest absolute Gasteiger partial charge is 0.357 e. The third-order valence-corrected chi connectivity index (χ3v) is 6.43. The highest BCUT2D eigenvalue weighted by molar-refractivity contribution is 6.30. The van der Waals surface area contributed by atoms with E-state index >= 15 is 0 Å². The smallest absolute Gasteiger partial charge is 0.214 e. The molecule has 202 valence electrons. The van der Waals surface area contributed by atoms with Crippen LogP contribution in [0.2, 0.25) is 10.3 Å². The van der Waals surface area contributed by atoms with Gasteiger partial charge in [0.15, 0.2) is 21.6 Å². The molecule has 2 N–H and O–H groups in total. The number of hydrogen-bond donors (Lipinski definition) is 2. The zero-order valence-corrected chi connectivity index (χ0v) is 22.4. The maximum Gasteiger partial charge on any atom is 0.214 e. The molecule has 14 heteroatoms. The molecule has 0 saturated carbocycles. The number of anilines is 5. The summed E-state index contributed by atoms with van der Waals surface area (Å²) < 4.78 is 16.2. The number of halogens is 3. The Kier molecular flexibility index (Phi) is 7.25. The topological polar surface area (TPSA) is 113 Å². The van der Waals surface area contributed by atoms with E-state index in [4.69, 9.17) is 23.2 Å². The van der Waals surface area contributed by atoms with Gasteiger partial charge in [-0.25, -0.2) is 29.0 Å². The van der Waals surface area contributed by atoms with Crippen LogP contribution in [0.4, 0.5) is 33.2 Å². The molecule has 0 bridgehead atoms. The van der Waals surface area contributed by atoms with E-state index in [1.807, 2.05) is 18.2 Å². The molecule has 1 fully saturated rings. The van der Waals surface area contributed by atoms with Crippen molar-refractivity contribution in [1.82, 2.24) is 39.2 Å². The lowest BCUT2D eigenvalue weighted by molar-refractivity contribution is 0.585. The Morgan fingerprint density at radius 1 is 0.725 bits per heavy atom. The minimum Gasteiger partial charge on any atom is -0.357 e. The van der Waals surface area contributed by atoms with Crippen LogP contribution in [0.25, 0.3) is 11.3 Å². The molecule has 0 atom stereocenters. The zero-order valence-electron chi connectivity index (χ0n) is 20.9. The third kappa shape index (κ3) is 5.72. The Hall–Kier alpha value is -4.55. The number of nitrogens with one attached hydrogen (secondary N) is 2. The molecule has 11 nitrogen and oxygen atoms in total. The number of imidazole rings is 2. The van der Waals surface area contributed by atoms with E-state index in [2.05, 4.69) is 45.7 Å². The van der Waals surface area contributed by atoms with E-state index in [1.54, 1.807) is 53.6 Å². The van der Waals surface area contributed by atoms with Gasteiger partial charge in [-0.3, -0.25) is 0 Å². The first-order valence-corrected chi connectivity index (χ1v) is 13.2. The normalized spacial score (nSPS) is 12.9. The van der Waals surface area contributed by atoms with E-state index < -0.39 is 5.95 Å². The summed E-state index contributed by atoms with van der Waals surface area (Å²) in [6, 6.07) is 13.8. The number of pyridine rings is 2. The number of nitrogens with zero attached hydrogens (tertiary/aromatic N) is 9. The molecule has 0 radical (unpaired) electrons. The molecule has 7 heterocycles. The summed E-state index contributed by atoms with van der Waals surface area (Å²) in [6.07, 6.45) is 9.19. The van der Waals surface area contributed by atoms with Gasteiger partial charge >= 0.3 is 0 Å². The van der Waals surface area contributed by atoms with Crippen molar-refractivity contribution < 1.29 is 4.39 Å². The second-order valence-corrected chi connectivity index (χ2v) is 9.60. The minimum absolute atomic E-state index is 0.305. The van der Waals surface area contributed by atoms with Gasteiger partial charge in [0.1, 0.15) is 17.5 Å². The molecule has 0 unspecified atom stereocenters. The van der Waals surface area contributed by atoms with Gasteiger partial charge in [0.05, 0.1) is 11.4 Å². The van der Waals surface area contributed by atoms with Crippen molar-refractivity contribution in [2.45, 2.75) is 12.8 Å². The average molecular weight is 578 g/mol. The van der Waals surface area contributed by atoms with E-state index in [0.29, 0.717) is 27.5 Å². The fourth-order valence-corrected chi connectivity index (χ4v) is 4.71. The van der Waals surface area contributed by atoms with Crippen molar-refractivity contribution in [3.05, 3.63) is 89.6 Å². The van der Waals surface area contributed by atoms with Crippen molar-refractivity contribution in [2.75, 3.05) is 28.6 Å². The Morgan fingerprint density at radius 2 is 1.27 bits per heavy atom. The highest BCUT2D eigenvalue weighted by Gasteiger charge is 2.14. The predicted molar refractivity (Wildman–Crippen MR) is 152 cm³/mol. The molecule has 6 aromatic rings. The van der Waals surface area contributed by atoms with Crippen LogP contribution in [0, 0.1) is 5.95 Å². The van der Waals surface area contributed by atoms with E-state index in [9.17, 15) is 4.39 Å². The lowest BCUT2D eigenvalue weighted by Gasteiger charge is -2.17. The predicted octanol–water partition coefficient (Wildman–Crippen LogP) is 5.78. The monoisotopic (exact) mass is 577 g/mol. The van der Waals surface area contributed by atoms with Gasteiger partial charge in [0.2, 0.25) is 5.95 Å². The third-order valence-electron chi connectivity index (χ3n) is 6.06. The first-order chi connectivity index (χ1) is 19.5. The number of rotatable bonds is 5. The Labute approximate surface area is 237 Å². The molecule has 0 aromatic carbocycles. The van der Waals surface area contributed by atoms with Crippen LogP contribution >= 0.6 is 23.2 Å². The van der Waals surface area contributed by atoms with Crippen LogP contribution in [-0.4, -0.2) is 52.3 Å². The summed E-state index contributed by atoms with van der Waals surface area (Å²) in [5, 5.41) is 15.2. The highest BCUT2D eigenvalue weighted by Crippen LogP contribution is 2.25. The van der Waals surface area contributed by atoms with Gasteiger partial charge in [-0.15, -0.1) is 0 Å². The van der Waals surface area contributed by atoms with Crippen LogP contribution < -0.4 is 15.5 Å². The van der Waals surface area contributed by atoms with Gasteiger partial charge < -0.3 is 15.5 Å². The molecule has 1 saturated heterocycles. The summed E-state index contributed by atoms with van der Waals surface area (Å²) >= 11 is 11.9. The molecule has 0 aliphatic carbocycles. The SMILES string of the molecule is Clc1cc(Nc2cccc(N3CCCC3)n2)c2nccn2n1.Fc1cccc(Nc2cc(Cl)nn3ccnc23)n1. The van der Waals surface area contributed by atoms with Crippen molar-refractivity contribution in [3.63, 3.8) is 0 Å². The van der Waals surface area contributed by atoms with Crippen LogP contribution in [0.15, 0.2) is 73.3 Å². The Balaban J connectivity index is 0.000000148. The molecule has 0 spiro atoms. The molecular weight excluding hydrogens is 556 g/mol. The highest BCUT2D eigenvalue weighted by atomic mass is 35.5. The number of hydrogen-bond acceptors (Lipinski definition) is 9.